The molecule has 0 atom stereocenters. The lowest BCUT2D eigenvalue weighted by atomic mass is 10.3. The predicted octanol–water partition coefficient (Wildman–Crippen LogP) is 0.783. The molecule has 0 fully saturated rings. The highest BCUT2D eigenvalue weighted by molar-refractivity contribution is 5.74. The molecule has 88 valence electrons. The fourth-order valence-electron chi connectivity index (χ4n) is 0.892. The zero-order valence-electron chi connectivity index (χ0n) is 8.08. The number of halogens is 3. The number of hydrogen-bond donors (Lipinski definition) is 2. The van der Waals surface area contributed by atoms with E-state index in [1.54, 1.807) is 0 Å². The maximum atomic E-state index is 12.1. The Labute approximate surface area is 88.8 Å². The summed E-state index contributed by atoms with van der Waals surface area (Å²) in [5, 5.41) is 8.92. The van der Waals surface area contributed by atoms with Crippen molar-refractivity contribution in [2.45, 2.75) is 12.6 Å². The number of primary amides is 1. The number of hydrogen-bond acceptors (Lipinski definition) is 4. The largest absolute Gasteiger partial charge is 0.435 e. The number of alkyl halides is 3. The van der Waals surface area contributed by atoms with Crippen molar-refractivity contribution >= 4 is 11.7 Å². The lowest BCUT2D eigenvalue weighted by Gasteiger charge is -2.06. The molecule has 0 saturated carbocycles. The third kappa shape index (κ3) is 3.71. The Morgan fingerprint density at radius 3 is 2.50 bits per heavy atom. The van der Waals surface area contributed by atoms with E-state index in [-0.39, 0.29) is 18.8 Å². The second-order valence-electron chi connectivity index (χ2n) is 2.94. The molecule has 0 bridgehead atoms. The number of nitrogens with two attached hydrogens (primary N) is 1. The van der Waals surface area contributed by atoms with Crippen molar-refractivity contribution in [1.82, 2.24) is 10.2 Å². The van der Waals surface area contributed by atoms with Gasteiger partial charge in [0.15, 0.2) is 5.69 Å². The van der Waals surface area contributed by atoms with E-state index in [4.69, 9.17) is 5.73 Å². The molecule has 0 aliphatic carbocycles. The van der Waals surface area contributed by atoms with E-state index < -0.39 is 17.8 Å². The molecule has 0 radical (unpaired) electrons. The van der Waals surface area contributed by atoms with Crippen LogP contribution >= 0.6 is 0 Å². The van der Waals surface area contributed by atoms with Crippen molar-refractivity contribution in [3.05, 3.63) is 17.8 Å². The first-order chi connectivity index (χ1) is 7.39. The third-order valence-electron chi connectivity index (χ3n) is 1.63. The standard InChI is InChI=1S/C8H9F3N4O/c9-8(10,11)5-1-2-7(15-14-5)13-4-3-6(12)16/h1-2H,3-4H2,(H2,12,16)(H,13,15). The second kappa shape index (κ2) is 4.77. The van der Waals surface area contributed by atoms with Crippen molar-refractivity contribution in [3.63, 3.8) is 0 Å². The van der Waals surface area contributed by atoms with Gasteiger partial charge in [-0.1, -0.05) is 0 Å². The summed E-state index contributed by atoms with van der Waals surface area (Å²) in [5.41, 5.74) is 3.81. The zero-order chi connectivity index (χ0) is 12.2. The van der Waals surface area contributed by atoms with E-state index in [9.17, 15) is 18.0 Å². The van der Waals surface area contributed by atoms with Crippen LogP contribution in [0.2, 0.25) is 0 Å². The molecule has 0 aliphatic heterocycles. The topological polar surface area (TPSA) is 80.9 Å². The van der Waals surface area contributed by atoms with Gasteiger partial charge in [-0.25, -0.2) is 0 Å². The van der Waals surface area contributed by atoms with Crippen molar-refractivity contribution in [3.8, 4) is 0 Å². The molecule has 0 unspecified atom stereocenters. The summed E-state index contributed by atoms with van der Waals surface area (Å²) >= 11 is 0. The van der Waals surface area contributed by atoms with Gasteiger partial charge in [0.1, 0.15) is 5.82 Å². The number of nitrogens with one attached hydrogen (secondary N) is 1. The summed E-state index contributed by atoms with van der Waals surface area (Å²) in [5.74, 6) is -0.346. The smallest absolute Gasteiger partial charge is 0.370 e. The normalized spacial score (nSPS) is 11.2. The number of amides is 1. The van der Waals surface area contributed by atoms with Gasteiger partial charge in [0.2, 0.25) is 5.91 Å². The van der Waals surface area contributed by atoms with Crippen molar-refractivity contribution in [2.24, 2.45) is 5.73 Å². The fourth-order valence-corrected chi connectivity index (χ4v) is 0.892. The molecular formula is C8H9F3N4O. The molecule has 1 rings (SSSR count). The van der Waals surface area contributed by atoms with E-state index in [0.717, 1.165) is 12.1 Å². The van der Waals surface area contributed by atoms with Gasteiger partial charge in [-0.05, 0) is 12.1 Å². The fraction of sp³-hybridized carbons (Fsp3) is 0.375. The summed E-state index contributed by atoms with van der Waals surface area (Å²) in [6, 6.07) is 1.94. The minimum Gasteiger partial charge on any atom is -0.370 e. The average Bonchev–Trinajstić information content (AvgIpc) is 2.16. The van der Waals surface area contributed by atoms with Gasteiger partial charge in [0, 0.05) is 13.0 Å². The molecular weight excluding hydrogens is 225 g/mol. The van der Waals surface area contributed by atoms with E-state index in [1.807, 2.05) is 0 Å². The van der Waals surface area contributed by atoms with Crippen molar-refractivity contribution in [2.75, 3.05) is 11.9 Å². The van der Waals surface area contributed by atoms with Crippen LogP contribution in [-0.4, -0.2) is 22.6 Å². The quantitative estimate of drug-likeness (QED) is 0.806. The number of aromatic nitrogens is 2. The molecule has 1 heterocycles. The van der Waals surface area contributed by atoms with Crippen LogP contribution in [0.5, 0.6) is 0 Å². The number of carbonyl (C=O) groups excluding carboxylic acids is 1. The highest BCUT2D eigenvalue weighted by Gasteiger charge is 2.32. The van der Waals surface area contributed by atoms with Gasteiger partial charge in [-0.3, -0.25) is 4.79 Å². The maximum absolute atomic E-state index is 12.1. The first-order valence-corrected chi connectivity index (χ1v) is 4.32. The number of nitrogens with zero attached hydrogens (tertiary/aromatic N) is 2. The van der Waals surface area contributed by atoms with Gasteiger partial charge in [0.05, 0.1) is 0 Å². The van der Waals surface area contributed by atoms with Crippen LogP contribution in [-0.2, 0) is 11.0 Å². The Bertz CT molecular complexity index is 363. The molecule has 8 heteroatoms. The minimum absolute atomic E-state index is 0.0721. The maximum Gasteiger partial charge on any atom is 0.435 e. The Morgan fingerprint density at radius 1 is 1.38 bits per heavy atom. The van der Waals surface area contributed by atoms with Crippen LogP contribution in [0, 0.1) is 0 Å². The Morgan fingerprint density at radius 2 is 2.06 bits per heavy atom. The van der Waals surface area contributed by atoms with E-state index in [2.05, 4.69) is 15.5 Å². The van der Waals surface area contributed by atoms with Gasteiger partial charge >= 0.3 is 6.18 Å². The summed E-state index contributed by atoms with van der Waals surface area (Å²) < 4.78 is 36.3. The van der Waals surface area contributed by atoms with E-state index in [1.165, 1.54) is 0 Å². The van der Waals surface area contributed by atoms with E-state index in [0.29, 0.717) is 0 Å². The zero-order valence-corrected chi connectivity index (χ0v) is 8.08. The molecule has 0 saturated heterocycles. The monoisotopic (exact) mass is 234 g/mol. The lowest BCUT2D eigenvalue weighted by Crippen LogP contribution is -2.17. The molecule has 0 spiro atoms. The molecule has 1 amide bonds. The summed E-state index contributed by atoms with van der Waals surface area (Å²) in [6.07, 6.45) is -4.43. The van der Waals surface area contributed by atoms with E-state index >= 15 is 0 Å². The van der Waals surface area contributed by atoms with Gasteiger partial charge in [-0.15, -0.1) is 10.2 Å². The molecule has 5 nitrogen and oxygen atoms in total. The average molecular weight is 234 g/mol. The molecule has 16 heavy (non-hydrogen) atoms. The van der Waals surface area contributed by atoms with Gasteiger partial charge in [-0.2, -0.15) is 13.2 Å². The molecule has 1 aromatic heterocycles. The summed E-state index contributed by atoms with van der Waals surface area (Å²) in [7, 11) is 0. The van der Waals surface area contributed by atoms with Crippen molar-refractivity contribution < 1.29 is 18.0 Å². The van der Waals surface area contributed by atoms with Crippen LogP contribution in [0.3, 0.4) is 0 Å². The number of carbonyl (C=O) groups is 1. The molecule has 1 aromatic rings. The number of rotatable bonds is 4. The van der Waals surface area contributed by atoms with Gasteiger partial charge < -0.3 is 11.1 Å². The summed E-state index contributed by atoms with van der Waals surface area (Å²) in [6.45, 7) is 0.204. The SMILES string of the molecule is NC(=O)CCNc1ccc(C(F)(F)F)nn1. The molecule has 3 N–H and O–H groups in total. The Balaban J connectivity index is 2.55. The second-order valence-corrected chi connectivity index (χ2v) is 2.94. The third-order valence-corrected chi connectivity index (χ3v) is 1.63. The van der Waals surface area contributed by atoms with Crippen molar-refractivity contribution in [1.29, 1.82) is 0 Å². The van der Waals surface area contributed by atoms with Crippen LogP contribution in [0.1, 0.15) is 12.1 Å². The predicted molar refractivity (Wildman–Crippen MR) is 49.3 cm³/mol. The molecule has 0 aromatic carbocycles. The Kier molecular flexibility index (Phi) is 3.64. The lowest BCUT2D eigenvalue weighted by molar-refractivity contribution is -0.141. The first kappa shape index (κ1) is 12.2. The molecule has 0 aliphatic rings. The number of anilines is 1. The van der Waals surface area contributed by atoms with Crippen LogP contribution < -0.4 is 11.1 Å². The minimum atomic E-state index is -4.50. The highest BCUT2D eigenvalue weighted by Crippen LogP contribution is 2.26. The first-order valence-electron chi connectivity index (χ1n) is 4.32. The van der Waals surface area contributed by atoms with Crippen LogP contribution in [0.15, 0.2) is 12.1 Å². The highest BCUT2D eigenvalue weighted by atomic mass is 19.4. The summed E-state index contributed by atoms with van der Waals surface area (Å²) in [4.78, 5) is 10.4. The van der Waals surface area contributed by atoms with Crippen LogP contribution in [0.25, 0.3) is 0 Å². The van der Waals surface area contributed by atoms with Crippen LogP contribution in [0.4, 0.5) is 19.0 Å². The Hall–Kier alpha value is -1.86. The van der Waals surface area contributed by atoms with Gasteiger partial charge in [0.25, 0.3) is 0 Å².